The molecule has 0 aromatic carbocycles. The van der Waals surface area contributed by atoms with Gasteiger partial charge in [-0.05, 0) is 18.6 Å². The summed E-state index contributed by atoms with van der Waals surface area (Å²) < 4.78 is 0. The van der Waals surface area contributed by atoms with Crippen LogP contribution in [0.3, 0.4) is 0 Å². The molecule has 0 aliphatic rings. The predicted molar refractivity (Wildman–Crippen MR) is 54.9 cm³/mol. The lowest BCUT2D eigenvalue weighted by Crippen LogP contribution is -1.87. The molecule has 2 rings (SSSR count). The third-order valence-corrected chi connectivity index (χ3v) is 2.23. The van der Waals surface area contributed by atoms with Gasteiger partial charge in [0.1, 0.15) is 5.65 Å². The molecule has 0 amide bonds. The second-order valence-corrected chi connectivity index (χ2v) is 3.01. The van der Waals surface area contributed by atoms with Crippen molar-refractivity contribution in [2.45, 2.75) is 13.3 Å². The van der Waals surface area contributed by atoms with E-state index in [0.717, 1.165) is 28.7 Å². The van der Waals surface area contributed by atoms with E-state index in [0.29, 0.717) is 0 Å². The number of aromatic nitrogens is 2. The van der Waals surface area contributed by atoms with E-state index in [4.69, 9.17) is 5.21 Å². The number of aryl methyl sites for hydroxylation is 1. The molecule has 2 aromatic rings. The fourth-order valence-electron chi connectivity index (χ4n) is 1.58. The molecule has 14 heavy (non-hydrogen) atoms. The molecular formula is C10H11N3O. The Balaban J connectivity index is 2.74. The number of pyridine rings is 1. The number of fused-ring (bicyclic) bond motifs is 1. The summed E-state index contributed by atoms with van der Waals surface area (Å²) in [6.45, 7) is 2.04. The lowest BCUT2D eigenvalue weighted by Gasteiger charge is -1.92. The highest BCUT2D eigenvalue weighted by atomic mass is 16.4. The number of nitrogens with zero attached hydrogens (tertiary/aromatic N) is 2. The van der Waals surface area contributed by atoms with Gasteiger partial charge in [0.25, 0.3) is 0 Å². The van der Waals surface area contributed by atoms with Crippen LogP contribution in [0, 0.1) is 0 Å². The third kappa shape index (κ3) is 1.25. The minimum atomic E-state index is 0.833. The van der Waals surface area contributed by atoms with Crippen LogP contribution in [0.2, 0.25) is 0 Å². The smallest absolute Gasteiger partial charge is 0.138 e. The van der Waals surface area contributed by atoms with Gasteiger partial charge in [-0.1, -0.05) is 12.1 Å². The fraction of sp³-hybridized carbons (Fsp3) is 0.200. The molecule has 0 bridgehead atoms. The topological polar surface area (TPSA) is 61.3 Å². The van der Waals surface area contributed by atoms with Gasteiger partial charge in [-0.3, -0.25) is 0 Å². The van der Waals surface area contributed by atoms with E-state index in [9.17, 15) is 0 Å². The van der Waals surface area contributed by atoms with Gasteiger partial charge in [-0.15, -0.1) is 0 Å². The summed E-state index contributed by atoms with van der Waals surface area (Å²) in [6.07, 6.45) is 4.04. The molecule has 0 saturated heterocycles. The average Bonchev–Trinajstić information content (AvgIpc) is 2.58. The lowest BCUT2D eigenvalue weighted by atomic mass is 10.1. The highest BCUT2D eigenvalue weighted by Gasteiger charge is 2.08. The van der Waals surface area contributed by atoms with Crippen LogP contribution in [-0.2, 0) is 6.42 Å². The summed E-state index contributed by atoms with van der Waals surface area (Å²) in [6, 6.07) is 3.82. The van der Waals surface area contributed by atoms with E-state index in [-0.39, 0.29) is 0 Å². The molecular weight excluding hydrogens is 178 g/mol. The Hall–Kier alpha value is -1.84. The van der Waals surface area contributed by atoms with Gasteiger partial charge in [0, 0.05) is 22.8 Å². The Morgan fingerprint density at radius 1 is 1.64 bits per heavy atom. The van der Waals surface area contributed by atoms with Crippen molar-refractivity contribution in [3.63, 3.8) is 0 Å². The van der Waals surface area contributed by atoms with Crippen molar-refractivity contribution < 1.29 is 5.21 Å². The molecule has 0 spiro atoms. The second kappa shape index (κ2) is 3.49. The van der Waals surface area contributed by atoms with E-state index in [2.05, 4.69) is 15.1 Å². The van der Waals surface area contributed by atoms with Crippen molar-refractivity contribution in [3.8, 4) is 0 Å². The lowest BCUT2D eigenvalue weighted by molar-refractivity contribution is 0.322. The molecule has 4 heteroatoms. The largest absolute Gasteiger partial charge is 0.411 e. The molecule has 0 aliphatic heterocycles. The molecule has 2 N–H and O–H groups in total. The highest BCUT2D eigenvalue weighted by Crippen LogP contribution is 2.19. The van der Waals surface area contributed by atoms with E-state index >= 15 is 0 Å². The quantitative estimate of drug-likeness (QED) is 0.431. The van der Waals surface area contributed by atoms with Crippen molar-refractivity contribution >= 4 is 17.2 Å². The SMILES string of the molecule is CCc1[nH]c2ncccc2c1C=NO. The van der Waals surface area contributed by atoms with Gasteiger partial charge in [0.05, 0.1) is 6.21 Å². The van der Waals surface area contributed by atoms with Crippen LogP contribution >= 0.6 is 0 Å². The first-order chi connectivity index (χ1) is 6.86. The zero-order valence-corrected chi connectivity index (χ0v) is 7.86. The number of aromatic amines is 1. The molecule has 2 heterocycles. The van der Waals surface area contributed by atoms with Crippen molar-refractivity contribution in [3.05, 3.63) is 29.6 Å². The molecule has 0 saturated carbocycles. The molecule has 0 radical (unpaired) electrons. The highest BCUT2D eigenvalue weighted by molar-refractivity contribution is 5.99. The van der Waals surface area contributed by atoms with Gasteiger partial charge >= 0.3 is 0 Å². The molecule has 2 aromatic heterocycles. The normalized spacial score (nSPS) is 11.5. The first-order valence-electron chi connectivity index (χ1n) is 4.49. The van der Waals surface area contributed by atoms with Crippen LogP contribution in [0.5, 0.6) is 0 Å². The summed E-state index contributed by atoms with van der Waals surface area (Å²) in [4.78, 5) is 7.38. The number of rotatable bonds is 2. The van der Waals surface area contributed by atoms with Gasteiger partial charge in [-0.25, -0.2) is 4.98 Å². The third-order valence-electron chi connectivity index (χ3n) is 2.23. The fourth-order valence-corrected chi connectivity index (χ4v) is 1.58. The molecule has 0 unspecified atom stereocenters. The zero-order valence-electron chi connectivity index (χ0n) is 7.86. The van der Waals surface area contributed by atoms with Crippen LogP contribution < -0.4 is 0 Å². The standard InChI is InChI=1S/C10H11N3O/c1-2-9-8(6-12-14)7-4-3-5-11-10(7)13-9/h3-6,14H,2H2,1H3,(H,11,13). The first-order valence-corrected chi connectivity index (χ1v) is 4.49. The van der Waals surface area contributed by atoms with E-state index < -0.39 is 0 Å². The van der Waals surface area contributed by atoms with Gasteiger partial charge in [0.15, 0.2) is 0 Å². The Labute approximate surface area is 81.3 Å². The minimum absolute atomic E-state index is 0.833. The number of oxime groups is 1. The van der Waals surface area contributed by atoms with Gasteiger partial charge in [-0.2, -0.15) is 0 Å². The van der Waals surface area contributed by atoms with Crippen molar-refractivity contribution in [2.24, 2.45) is 5.16 Å². The van der Waals surface area contributed by atoms with Crippen LogP contribution in [0.15, 0.2) is 23.5 Å². The number of hydrogen-bond donors (Lipinski definition) is 2. The van der Waals surface area contributed by atoms with Crippen LogP contribution in [-0.4, -0.2) is 21.4 Å². The van der Waals surface area contributed by atoms with Crippen molar-refractivity contribution in [1.82, 2.24) is 9.97 Å². The Morgan fingerprint density at radius 2 is 2.50 bits per heavy atom. The molecule has 72 valence electrons. The second-order valence-electron chi connectivity index (χ2n) is 3.01. The van der Waals surface area contributed by atoms with E-state index in [1.54, 1.807) is 6.20 Å². The minimum Gasteiger partial charge on any atom is -0.411 e. The van der Waals surface area contributed by atoms with Crippen molar-refractivity contribution in [2.75, 3.05) is 0 Å². The maximum Gasteiger partial charge on any atom is 0.138 e. The number of nitrogens with one attached hydrogen (secondary N) is 1. The van der Waals surface area contributed by atoms with Crippen LogP contribution in [0.25, 0.3) is 11.0 Å². The predicted octanol–water partition coefficient (Wildman–Crippen LogP) is 1.93. The Kier molecular flexibility index (Phi) is 2.18. The Morgan fingerprint density at radius 3 is 3.21 bits per heavy atom. The number of hydrogen-bond acceptors (Lipinski definition) is 3. The van der Waals surface area contributed by atoms with Gasteiger partial charge < -0.3 is 10.2 Å². The Bertz CT molecular complexity index is 473. The van der Waals surface area contributed by atoms with Gasteiger partial charge in [0.2, 0.25) is 0 Å². The molecule has 0 aliphatic carbocycles. The monoisotopic (exact) mass is 189 g/mol. The summed E-state index contributed by atoms with van der Waals surface area (Å²) >= 11 is 0. The zero-order chi connectivity index (χ0) is 9.97. The summed E-state index contributed by atoms with van der Waals surface area (Å²) in [7, 11) is 0. The van der Waals surface area contributed by atoms with Crippen molar-refractivity contribution in [1.29, 1.82) is 0 Å². The average molecular weight is 189 g/mol. The molecule has 4 nitrogen and oxygen atoms in total. The maximum absolute atomic E-state index is 8.55. The van der Waals surface area contributed by atoms with Crippen LogP contribution in [0.1, 0.15) is 18.2 Å². The summed E-state index contributed by atoms with van der Waals surface area (Å²) in [5.74, 6) is 0. The summed E-state index contributed by atoms with van der Waals surface area (Å²) in [5.41, 5.74) is 2.79. The van der Waals surface area contributed by atoms with Crippen LogP contribution in [0.4, 0.5) is 0 Å². The summed E-state index contributed by atoms with van der Waals surface area (Å²) in [5, 5.41) is 12.6. The number of H-pyrrole nitrogens is 1. The van der Waals surface area contributed by atoms with E-state index in [1.807, 2.05) is 19.1 Å². The van der Waals surface area contributed by atoms with E-state index in [1.165, 1.54) is 6.21 Å². The first kappa shape index (κ1) is 8.74. The molecule has 0 atom stereocenters. The molecule has 0 fully saturated rings. The maximum atomic E-state index is 8.55.